The van der Waals surface area contributed by atoms with Crippen molar-refractivity contribution in [1.29, 1.82) is 0 Å². The van der Waals surface area contributed by atoms with E-state index in [9.17, 15) is 0 Å². The Morgan fingerprint density at radius 3 is 2.68 bits per heavy atom. The average molecular weight is 320 g/mol. The highest BCUT2D eigenvalue weighted by Gasteiger charge is 2.47. The van der Waals surface area contributed by atoms with E-state index in [1.54, 1.807) is 0 Å². The molecule has 1 fully saturated rings. The van der Waals surface area contributed by atoms with Crippen LogP contribution >= 0.6 is 15.9 Å². The molecule has 1 aliphatic rings. The zero-order valence-corrected chi connectivity index (χ0v) is 12.9. The molecule has 3 nitrogen and oxygen atoms in total. The van der Waals surface area contributed by atoms with Crippen LogP contribution in [0.4, 0.5) is 0 Å². The minimum atomic E-state index is 0.110. The molecule has 1 heterocycles. The maximum atomic E-state index is 5.92. The monoisotopic (exact) mass is 319 g/mol. The minimum absolute atomic E-state index is 0.110. The normalized spacial score (nSPS) is 16.6. The van der Waals surface area contributed by atoms with Crippen molar-refractivity contribution in [1.82, 2.24) is 9.78 Å². The molecule has 1 aliphatic carbocycles. The lowest BCUT2D eigenvalue weighted by molar-refractivity contribution is 0.658. The Balaban J connectivity index is 2.11. The SMILES string of the molecule is Cc1cccc(-n2nc(C3(CN)CC3)c(Br)c2C)c1. The summed E-state index contributed by atoms with van der Waals surface area (Å²) in [5.74, 6) is 0. The van der Waals surface area contributed by atoms with Gasteiger partial charge in [0.2, 0.25) is 0 Å². The first-order valence-electron chi connectivity index (χ1n) is 6.60. The van der Waals surface area contributed by atoms with Crippen LogP contribution in [0.5, 0.6) is 0 Å². The van der Waals surface area contributed by atoms with E-state index < -0.39 is 0 Å². The number of halogens is 1. The van der Waals surface area contributed by atoms with Crippen molar-refractivity contribution in [2.24, 2.45) is 5.73 Å². The molecule has 1 saturated carbocycles. The number of nitrogens with zero attached hydrogens (tertiary/aromatic N) is 2. The zero-order chi connectivity index (χ0) is 13.6. The number of aromatic nitrogens is 2. The molecule has 0 aliphatic heterocycles. The van der Waals surface area contributed by atoms with Crippen LogP contribution in [0.15, 0.2) is 28.7 Å². The van der Waals surface area contributed by atoms with Gasteiger partial charge in [0.05, 0.1) is 21.5 Å². The van der Waals surface area contributed by atoms with Gasteiger partial charge in [0.15, 0.2) is 0 Å². The molecule has 2 aromatic rings. The molecule has 0 unspecified atom stereocenters. The Kier molecular flexibility index (Phi) is 3.02. The van der Waals surface area contributed by atoms with Gasteiger partial charge in [-0.1, -0.05) is 12.1 Å². The van der Waals surface area contributed by atoms with Gasteiger partial charge >= 0.3 is 0 Å². The maximum absolute atomic E-state index is 5.92. The van der Waals surface area contributed by atoms with E-state index in [0.717, 1.165) is 34.4 Å². The van der Waals surface area contributed by atoms with Crippen molar-refractivity contribution in [2.75, 3.05) is 6.54 Å². The number of nitrogens with two attached hydrogens (primary N) is 1. The van der Waals surface area contributed by atoms with E-state index in [0.29, 0.717) is 6.54 Å². The topological polar surface area (TPSA) is 43.8 Å². The van der Waals surface area contributed by atoms with Crippen LogP contribution in [0.1, 0.15) is 29.8 Å². The van der Waals surface area contributed by atoms with Crippen LogP contribution in [0, 0.1) is 13.8 Å². The van der Waals surface area contributed by atoms with Crippen molar-refractivity contribution in [3.05, 3.63) is 45.7 Å². The van der Waals surface area contributed by atoms with Gasteiger partial charge in [0.25, 0.3) is 0 Å². The number of hydrogen-bond acceptors (Lipinski definition) is 2. The summed E-state index contributed by atoms with van der Waals surface area (Å²) in [5.41, 5.74) is 10.6. The molecular weight excluding hydrogens is 302 g/mol. The molecule has 0 atom stereocenters. The molecule has 1 aromatic carbocycles. The summed E-state index contributed by atoms with van der Waals surface area (Å²) in [4.78, 5) is 0. The molecule has 0 amide bonds. The van der Waals surface area contributed by atoms with Gasteiger partial charge in [0.1, 0.15) is 0 Å². The third-order valence-electron chi connectivity index (χ3n) is 4.04. The zero-order valence-electron chi connectivity index (χ0n) is 11.3. The van der Waals surface area contributed by atoms with Gasteiger partial charge in [-0.2, -0.15) is 5.10 Å². The Labute approximate surface area is 121 Å². The van der Waals surface area contributed by atoms with Crippen LogP contribution in [0.2, 0.25) is 0 Å². The largest absolute Gasteiger partial charge is 0.330 e. The molecule has 19 heavy (non-hydrogen) atoms. The molecule has 2 N–H and O–H groups in total. The van der Waals surface area contributed by atoms with E-state index in [1.165, 1.54) is 5.56 Å². The first kappa shape index (κ1) is 12.9. The van der Waals surface area contributed by atoms with Crippen molar-refractivity contribution in [3.63, 3.8) is 0 Å². The van der Waals surface area contributed by atoms with Gasteiger partial charge in [-0.3, -0.25) is 0 Å². The van der Waals surface area contributed by atoms with E-state index in [4.69, 9.17) is 10.8 Å². The Bertz CT molecular complexity index is 626. The lowest BCUT2D eigenvalue weighted by Crippen LogP contribution is -2.21. The number of aryl methyl sites for hydroxylation is 1. The van der Waals surface area contributed by atoms with E-state index in [1.807, 2.05) is 4.68 Å². The summed E-state index contributed by atoms with van der Waals surface area (Å²) < 4.78 is 3.12. The van der Waals surface area contributed by atoms with Crippen LogP contribution in [-0.2, 0) is 5.41 Å². The highest BCUT2D eigenvalue weighted by atomic mass is 79.9. The van der Waals surface area contributed by atoms with Crippen LogP contribution in [0.25, 0.3) is 5.69 Å². The van der Waals surface area contributed by atoms with Crippen LogP contribution in [0.3, 0.4) is 0 Å². The van der Waals surface area contributed by atoms with Gasteiger partial charge in [0, 0.05) is 12.0 Å². The minimum Gasteiger partial charge on any atom is -0.330 e. The summed E-state index contributed by atoms with van der Waals surface area (Å²) in [7, 11) is 0. The predicted molar refractivity (Wildman–Crippen MR) is 80.7 cm³/mol. The van der Waals surface area contributed by atoms with Gasteiger partial charge in [-0.05, 0) is 60.3 Å². The first-order valence-corrected chi connectivity index (χ1v) is 7.39. The van der Waals surface area contributed by atoms with Gasteiger partial charge in [-0.25, -0.2) is 4.68 Å². The fourth-order valence-electron chi connectivity index (χ4n) is 2.52. The second-order valence-corrected chi connectivity index (χ2v) is 6.28. The highest BCUT2D eigenvalue weighted by molar-refractivity contribution is 9.10. The lowest BCUT2D eigenvalue weighted by Gasteiger charge is -2.09. The van der Waals surface area contributed by atoms with Crippen molar-refractivity contribution < 1.29 is 0 Å². The Hall–Kier alpha value is -1.13. The molecule has 1 aromatic heterocycles. The third kappa shape index (κ3) is 2.03. The first-order chi connectivity index (χ1) is 9.07. The standard InChI is InChI=1S/C15H18BrN3/c1-10-4-3-5-12(8-10)19-11(2)13(16)14(18-19)15(9-17)6-7-15/h3-5,8H,6-7,9,17H2,1-2H3. The fourth-order valence-corrected chi connectivity index (χ4v) is 3.19. The predicted octanol–water partition coefficient (Wildman–Crippen LogP) is 3.24. The van der Waals surface area contributed by atoms with Crippen molar-refractivity contribution in [2.45, 2.75) is 32.1 Å². The molecule has 0 radical (unpaired) electrons. The van der Waals surface area contributed by atoms with Crippen molar-refractivity contribution >= 4 is 15.9 Å². The average Bonchev–Trinajstić information content (AvgIpc) is 3.14. The number of hydrogen-bond donors (Lipinski definition) is 1. The molecule has 0 saturated heterocycles. The second-order valence-electron chi connectivity index (χ2n) is 5.48. The second kappa shape index (κ2) is 4.46. The Morgan fingerprint density at radius 1 is 1.37 bits per heavy atom. The summed E-state index contributed by atoms with van der Waals surface area (Å²) >= 11 is 3.69. The fraction of sp³-hybridized carbons (Fsp3) is 0.400. The van der Waals surface area contributed by atoms with Crippen molar-refractivity contribution in [3.8, 4) is 5.69 Å². The number of rotatable bonds is 3. The number of benzene rings is 1. The lowest BCUT2D eigenvalue weighted by atomic mass is 10.0. The smallest absolute Gasteiger partial charge is 0.0848 e. The van der Waals surface area contributed by atoms with E-state index in [2.05, 4.69) is 54.0 Å². The van der Waals surface area contributed by atoms with Gasteiger partial charge < -0.3 is 5.73 Å². The molecular formula is C15H18BrN3. The van der Waals surface area contributed by atoms with Gasteiger partial charge in [-0.15, -0.1) is 0 Å². The maximum Gasteiger partial charge on any atom is 0.0848 e. The molecule has 0 spiro atoms. The quantitative estimate of drug-likeness (QED) is 0.943. The highest BCUT2D eigenvalue weighted by Crippen LogP contribution is 2.49. The van der Waals surface area contributed by atoms with E-state index in [-0.39, 0.29) is 5.41 Å². The summed E-state index contributed by atoms with van der Waals surface area (Å²) in [5, 5.41) is 4.82. The van der Waals surface area contributed by atoms with E-state index >= 15 is 0 Å². The molecule has 100 valence electrons. The molecule has 3 rings (SSSR count). The molecule has 4 heteroatoms. The van der Waals surface area contributed by atoms with Crippen LogP contribution in [-0.4, -0.2) is 16.3 Å². The third-order valence-corrected chi connectivity index (χ3v) is 4.99. The Morgan fingerprint density at radius 2 is 2.11 bits per heavy atom. The summed E-state index contributed by atoms with van der Waals surface area (Å²) in [6, 6.07) is 8.40. The van der Waals surface area contributed by atoms with Crippen LogP contribution < -0.4 is 5.73 Å². The molecule has 0 bridgehead atoms. The summed E-state index contributed by atoms with van der Waals surface area (Å²) in [6.45, 7) is 4.87. The summed E-state index contributed by atoms with van der Waals surface area (Å²) in [6.07, 6.45) is 2.29.